The maximum Gasteiger partial charge on any atom is 0.322 e. The van der Waals surface area contributed by atoms with E-state index in [0.29, 0.717) is 24.0 Å². The fraction of sp³-hybridized carbons (Fsp3) is 0.233. The van der Waals surface area contributed by atoms with Gasteiger partial charge in [0.15, 0.2) is 0 Å². The molecule has 0 saturated carbocycles. The largest absolute Gasteiger partial charge is 0.497 e. The van der Waals surface area contributed by atoms with E-state index >= 15 is 0 Å². The number of hydrogen-bond acceptors (Lipinski definition) is 5. The Morgan fingerprint density at radius 3 is 2.51 bits per heavy atom. The lowest BCUT2D eigenvalue weighted by Crippen LogP contribution is -2.46. The number of ether oxygens (including phenoxy) is 1. The monoisotopic (exact) mass is 494 g/mol. The van der Waals surface area contributed by atoms with E-state index in [1.54, 1.807) is 12.0 Å². The van der Waals surface area contributed by atoms with Gasteiger partial charge in [0.1, 0.15) is 5.75 Å². The smallest absolute Gasteiger partial charge is 0.322 e. The van der Waals surface area contributed by atoms with Crippen molar-refractivity contribution in [3.63, 3.8) is 0 Å². The van der Waals surface area contributed by atoms with Gasteiger partial charge in [0, 0.05) is 17.8 Å². The molecule has 0 fully saturated rings. The maximum absolute atomic E-state index is 13.3. The second-order valence-electron chi connectivity index (χ2n) is 9.02. The molecule has 7 nitrogen and oxygen atoms in total. The SMILES string of the molecule is CCc1ccc(C2NC(=O)N(CCc3ccccc3)C(C)=C2c2nc(-c3cccc(OC)c3)no2)cc1. The Labute approximate surface area is 216 Å². The topological polar surface area (TPSA) is 80.5 Å². The molecule has 0 bridgehead atoms. The Balaban J connectivity index is 1.54. The fourth-order valence-corrected chi connectivity index (χ4v) is 4.62. The number of methoxy groups -OCH3 is 1. The van der Waals surface area contributed by atoms with Crippen LogP contribution >= 0.6 is 0 Å². The molecule has 1 aliphatic heterocycles. The van der Waals surface area contributed by atoms with Gasteiger partial charge in [-0.1, -0.05) is 78.8 Å². The van der Waals surface area contributed by atoms with E-state index in [9.17, 15) is 4.79 Å². The van der Waals surface area contributed by atoms with Gasteiger partial charge in [-0.25, -0.2) is 4.79 Å². The third-order valence-electron chi connectivity index (χ3n) is 6.77. The van der Waals surface area contributed by atoms with Crippen molar-refractivity contribution in [2.45, 2.75) is 32.7 Å². The molecule has 0 aliphatic carbocycles. The first-order valence-electron chi connectivity index (χ1n) is 12.5. The van der Waals surface area contributed by atoms with Gasteiger partial charge in [-0.05, 0) is 48.6 Å². The molecule has 37 heavy (non-hydrogen) atoms. The molecule has 0 radical (unpaired) electrons. The average molecular weight is 495 g/mol. The molecule has 5 rings (SSSR count). The molecule has 1 N–H and O–H groups in total. The highest BCUT2D eigenvalue weighted by Gasteiger charge is 2.35. The number of urea groups is 1. The standard InChI is InChI=1S/C30H30N4O3/c1-4-21-13-15-23(16-14-21)27-26(29-32-28(33-37-29)24-11-8-12-25(19-24)36-3)20(2)34(30(35)31-27)18-17-22-9-6-5-7-10-22/h5-16,19,27H,4,17-18H2,1-3H3,(H,31,35). The molecule has 0 spiro atoms. The number of carbonyl (C=O) groups is 1. The molecule has 1 atom stereocenters. The Hall–Kier alpha value is -4.39. The van der Waals surface area contributed by atoms with Gasteiger partial charge in [-0.3, -0.25) is 4.90 Å². The van der Waals surface area contributed by atoms with Crippen LogP contribution in [0.4, 0.5) is 4.79 Å². The van der Waals surface area contributed by atoms with Crippen LogP contribution < -0.4 is 10.1 Å². The molecule has 7 heteroatoms. The maximum atomic E-state index is 13.3. The van der Waals surface area contributed by atoms with E-state index in [4.69, 9.17) is 14.2 Å². The molecular weight excluding hydrogens is 464 g/mol. The van der Waals surface area contributed by atoms with Gasteiger partial charge in [-0.15, -0.1) is 0 Å². The van der Waals surface area contributed by atoms with Crippen LogP contribution in [0.25, 0.3) is 17.0 Å². The molecule has 0 saturated heterocycles. The van der Waals surface area contributed by atoms with Gasteiger partial charge in [-0.2, -0.15) is 4.98 Å². The number of aromatic nitrogens is 2. The lowest BCUT2D eigenvalue weighted by Gasteiger charge is -2.35. The van der Waals surface area contributed by atoms with E-state index in [-0.39, 0.29) is 6.03 Å². The Morgan fingerprint density at radius 2 is 1.78 bits per heavy atom. The molecular formula is C30H30N4O3. The van der Waals surface area contributed by atoms with E-state index in [2.05, 4.69) is 53.8 Å². The van der Waals surface area contributed by atoms with Crippen LogP contribution in [0, 0.1) is 0 Å². The van der Waals surface area contributed by atoms with Crippen LogP contribution in [-0.4, -0.2) is 34.7 Å². The van der Waals surface area contributed by atoms with Crippen molar-refractivity contribution in [3.05, 3.63) is 107 Å². The number of rotatable bonds is 8. The Morgan fingerprint density at radius 1 is 1.00 bits per heavy atom. The third kappa shape index (κ3) is 5.11. The molecule has 1 aromatic heterocycles. The summed E-state index contributed by atoms with van der Waals surface area (Å²) < 4.78 is 11.2. The summed E-state index contributed by atoms with van der Waals surface area (Å²) in [5.74, 6) is 1.55. The van der Waals surface area contributed by atoms with Gasteiger partial charge in [0.2, 0.25) is 5.82 Å². The van der Waals surface area contributed by atoms with Crippen LogP contribution in [-0.2, 0) is 12.8 Å². The number of allylic oxidation sites excluding steroid dienone is 1. The van der Waals surface area contributed by atoms with E-state index in [1.165, 1.54) is 11.1 Å². The summed E-state index contributed by atoms with van der Waals surface area (Å²) in [6.45, 7) is 4.60. The summed E-state index contributed by atoms with van der Waals surface area (Å²) in [6, 6.07) is 25.4. The quantitative estimate of drug-likeness (QED) is 0.323. The second-order valence-corrected chi connectivity index (χ2v) is 9.02. The summed E-state index contributed by atoms with van der Waals surface area (Å²) >= 11 is 0. The molecule has 2 amide bonds. The highest BCUT2D eigenvalue weighted by Crippen LogP contribution is 2.37. The van der Waals surface area contributed by atoms with Gasteiger partial charge in [0.05, 0.1) is 18.7 Å². The number of nitrogens with one attached hydrogen (secondary N) is 1. The van der Waals surface area contributed by atoms with Crippen LogP contribution in [0.5, 0.6) is 5.75 Å². The zero-order chi connectivity index (χ0) is 25.8. The Kier molecular flexibility index (Phi) is 7.03. The van der Waals surface area contributed by atoms with Crippen LogP contribution in [0.15, 0.2) is 89.1 Å². The number of benzene rings is 3. The van der Waals surface area contributed by atoms with E-state index in [1.807, 2.05) is 49.4 Å². The van der Waals surface area contributed by atoms with Gasteiger partial charge < -0.3 is 14.6 Å². The molecule has 3 aromatic carbocycles. The highest BCUT2D eigenvalue weighted by molar-refractivity contribution is 5.87. The predicted octanol–water partition coefficient (Wildman–Crippen LogP) is 6.05. The average Bonchev–Trinajstić information content (AvgIpc) is 3.43. The summed E-state index contributed by atoms with van der Waals surface area (Å²) in [5, 5.41) is 7.44. The van der Waals surface area contributed by atoms with Gasteiger partial charge >= 0.3 is 6.03 Å². The molecule has 1 aliphatic rings. The van der Waals surface area contributed by atoms with Crippen molar-refractivity contribution in [1.82, 2.24) is 20.4 Å². The first-order chi connectivity index (χ1) is 18.1. The molecule has 188 valence electrons. The molecule has 1 unspecified atom stereocenters. The van der Waals surface area contributed by atoms with Crippen LogP contribution in [0.1, 0.15) is 42.5 Å². The van der Waals surface area contributed by atoms with Gasteiger partial charge in [0.25, 0.3) is 5.89 Å². The lowest BCUT2D eigenvalue weighted by molar-refractivity contribution is 0.205. The summed E-state index contributed by atoms with van der Waals surface area (Å²) in [5.41, 5.74) is 5.74. The second kappa shape index (κ2) is 10.7. The number of nitrogens with zero attached hydrogens (tertiary/aromatic N) is 3. The van der Waals surface area contributed by atoms with Crippen molar-refractivity contribution in [2.24, 2.45) is 0 Å². The summed E-state index contributed by atoms with van der Waals surface area (Å²) in [6.07, 6.45) is 1.67. The normalized spacial score (nSPS) is 15.6. The summed E-state index contributed by atoms with van der Waals surface area (Å²) in [7, 11) is 1.62. The lowest BCUT2D eigenvalue weighted by atomic mass is 9.93. The first kappa shape index (κ1) is 24.3. The first-order valence-corrected chi connectivity index (χ1v) is 12.5. The van der Waals surface area contributed by atoms with Crippen LogP contribution in [0.3, 0.4) is 0 Å². The van der Waals surface area contributed by atoms with E-state index in [0.717, 1.165) is 35.2 Å². The molecule has 2 heterocycles. The van der Waals surface area contributed by atoms with Crippen molar-refractivity contribution in [3.8, 4) is 17.1 Å². The van der Waals surface area contributed by atoms with Crippen LogP contribution in [0.2, 0.25) is 0 Å². The third-order valence-corrected chi connectivity index (χ3v) is 6.77. The van der Waals surface area contributed by atoms with E-state index < -0.39 is 6.04 Å². The van der Waals surface area contributed by atoms with Crippen molar-refractivity contribution in [2.75, 3.05) is 13.7 Å². The number of aryl methyl sites for hydroxylation is 1. The fourth-order valence-electron chi connectivity index (χ4n) is 4.62. The highest BCUT2D eigenvalue weighted by atomic mass is 16.5. The zero-order valence-electron chi connectivity index (χ0n) is 21.3. The summed E-state index contributed by atoms with van der Waals surface area (Å²) in [4.78, 5) is 19.8. The molecule has 4 aromatic rings. The number of amides is 2. The zero-order valence-corrected chi connectivity index (χ0v) is 21.3. The number of hydrogen-bond donors (Lipinski definition) is 1. The Bertz CT molecular complexity index is 1410. The van der Waals surface area contributed by atoms with Crippen molar-refractivity contribution < 1.29 is 14.1 Å². The number of carbonyl (C=O) groups excluding carboxylic acids is 1. The van der Waals surface area contributed by atoms with Crippen molar-refractivity contribution >= 4 is 11.6 Å². The minimum Gasteiger partial charge on any atom is -0.497 e. The predicted molar refractivity (Wildman–Crippen MR) is 143 cm³/mol. The minimum atomic E-state index is -0.412. The van der Waals surface area contributed by atoms with Crippen molar-refractivity contribution in [1.29, 1.82) is 0 Å². The minimum absolute atomic E-state index is 0.144.